The lowest BCUT2D eigenvalue weighted by Crippen LogP contribution is -2.34. The predicted octanol–water partition coefficient (Wildman–Crippen LogP) is 17.6. The number of hydrogen-bond donors (Lipinski definition) is 0. The average Bonchev–Trinajstić information content (AvgIpc) is 3.99. The molecule has 0 radical (unpaired) electrons. The number of allylic oxidation sites excluding steroid dienone is 6. The Bertz CT molecular complexity index is 3890. The van der Waals surface area contributed by atoms with Crippen molar-refractivity contribution < 1.29 is 13.6 Å². The Morgan fingerprint density at radius 1 is 0.522 bits per heavy atom. The van der Waals surface area contributed by atoms with Crippen LogP contribution in [0.4, 0.5) is 28.4 Å². The van der Waals surface area contributed by atoms with Crippen molar-refractivity contribution in [2.45, 2.75) is 31.6 Å². The number of benzene rings is 8. The molecule has 2 unspecified atom stereocenters. The minimum absolute atomic E-state index is 0.112. The lowest BCUT2D eigenvalue weighted by molar-refractivity contribution is 0.446. The largest absolute Gasteiger partial charge is 0.458 e. The maximum Gasteiger partial charge on any atom is 0.159 e. The Hall–Kier alpha value is -8.54. The van der Waals surface area contributed by atoms with Crippen LogP contribution in [0.2, 0.25) is 0 Å². The Labute approximate surface area is 399 Å². The van der Waals surface area contributed by atoms with Crippen molar-refractivity contribution in [3.63, 3.8) is 0 Å². The number of ether oxygens (including phenoxy) is 1. The molecule has 15 rings (SSSR count). The number of para-hydroxylation sites is 3. The van der Waals surface area contributed by atoms with Gasteiger partial charge < -0.3 is 23.4 Å². The number of rotatable bonds is 8. The van der Waals surface area contributed by atoms with Gasteiger partial charge in [0.2, 0.25) is 0 Å². The molecule has 2 atom stereocenters. The van der Waals surface area contributed by atoms with E-state index in [0.717, 1.165) is 110 Å². The van der Waals surface area contributed by atoms with Crippen LogP contribution >= 0.6 is 0 Å². The van der Waals surface area contributed by atoms with E-state index in [-0.39, 0.29) is 5.92 Å². The van der Waals surface area contributed by atoms with Gasteiger partial charge in [0.25, 0.3) is 0 Å². The molecule has 0 saturated heterocycles. The minimum Gasteiger partial charge on any atom is -0.458 e. The van der Waals surface area contributed by atoms with E-state index in [9.17, 15) is 0 Å². The van der Waals surface area contributed by atoms with E-state index in [1.165, 1.54) is 50.2 Å². The summed E-state index contributed by atoms with van der Waals surface area (Å²) in [6, 6.07) is 63.1. The minimum atomic E-state index is 0.112. The first kappa shape index (κ1) is 38.6. The van der Waals surface area contributed by atoms with Crippen molar-refractivity contribution in [1.82, 2.24) is 0 Å². The fourth-order valence-electron chi connectivity index (χ4n) is 11.9. The van der Waals surface area contributed by atoms with Gasteiger partial charge in [0.05, 0.1) is 17.1 Å². The number of anilines is 5. The van der Waals surface area contributed by atoms with Gasteiger partial charge in [-0.2, -0.15) is 0 Å². The molecule has 8 aromatic carbocycles. The zero-order valence-corrected chi connectivity index (χ0v) is 37.7. The van der Waals surface area contributed by atoms with Crippen LogP contribution in [0.1, 0.15) is 58.8 Å². The third-order valence-electron chi connectivity index (χ3n) is 15.2. The van der Waals surface area contributed by atoms with E-state index in [2.05, 4.69) is 210 Å². The van der Waals surface area contributed by atoms with Crippen molar-refractivity contribution in [2.24, 2.45) is 5.92 Å². The third kappa shape index (κ3) is 5.83. The van der Waals surface area contributed by atoms with Gasteiger partial charge in [-0.15, -0.1) is 0 Å². The SMILES string of the molecule is C1=Cc2c(oc3c(N(C4=C5C=C(c6ccccc6)C5C4)c4ccc5c(c4)Oc4c(N(c6ccc(-c7ccccc7)cc6)c6cccc7c6oc6ccccc67)ccc6c4C5CC=C6)cccc23)CC1. The van der Waals surface area contributed by atoms with Crippen LogP contribution in [0.15, 0.2) is 214 Å². The van der Waals surface area contributed by atoms with Crippen molar-refractivity contribution in [3.8, 4) is 22.6 Å². The predicted molar refractivity (Wildman–Crippen MR) is 281 cm³/mol. The number of furan rings is 2. The Balaban J connectivity index is 0.906. The summed E-state index contributed by atoms with van der Waals surface area (Å²) in [6.07, 6.45) is 15.2. The van der Waals surface area contributed by atoms with E-state index in [1.54, 1.807) is 0 Å². The molecule has 0 fully saturated rings. The Morgan fingerprint density at radius 2 is 1.25 bits per heavy atom. The molecule has 4 aliphatic carbocycles. The normalized spacial score (nSPS) is 17.1. The second-order valence-corrected chi connectivity index (χ2v) is 18.9. The van der Waals surface area contributed by atoms with Gasteiger partial charge in [-0.3, -0.25) is 0 Å². The van der Waals surface area contributed by atoms with Crippen LogP contribution in [0, 0.1) is 5.92 Å². The second kappa shape index (κ2) is 15.0. The van der Waals surface area contributed by atoms with E-state index >= 15 is 0 Å². The smallest absolute Gasteiger partial charge is 0.159 e. The summed E-state index contributed by atoms with van der Waals surface area (Å²) in [7, 11) is 0. The molecule has 10 aromatic rings. The zero-order chi connectivity index (χ0) is 45.2. The van der Waals surface area contributed by atoms with Crippen molar-refractivity contribution >= 4 is 79.1 Å². The van der Waals surface area contributed by atoms with Gasteiger partial charge in [-0.1, -0.05) is 158 Å². The van der Waals surface area contributed by atoms with Gasteiger partial charge >= 0.3 is 0 Å². The highest BCUT2D eigenvalue weighted by molar-refractivity contribution is 6.10. The number of aryl methyl sites for hydroxylation is 1. The molecule has 0 spiro atoms. The van der Waals surface area contributed by atoms with E-state index in [1.807, 2.05) is 6.07 Å². The standard InChI is InChI=1S/C64H44N2O3/c1-3-14-39(15-4-1)40-28-31-43(32-29-40)65(54-24-12-22-49-45-19-7-9-26-58(45)67-62(49)54)56-35-30-42-18-11-21-48-47-34-33-44(36-60(47)69-64(56)61(42)48)66(57-38-52-51(37-53(52)57)41-16-5-2-6-17-41)55-25-13-23-50-46-20-8-10-27-59(46)68-63(50)55/h1-9,11-20,22-26,28-37,48,52H,10,21,27,38H2. The number of fused-ring (bicyclic) bond motifs is 9. The molecule has 0 saturated carbocycles. The summed E-state index contributed by atoms with van der Waals surface area (Å²) >= 11 is 0. The first-order valence-electron chi connectivity index (χ1n) is 24.2. The lowest BCUT2D eigenvalue weighted by Gasteiger charge is -2.46. The Kier molecular flexibility index (Phi) is 8.37. The summed E-state index contributed by atoms with van der Waals surface area (Å²) in [4.78, 5) is 4.80. The molecule has 69 heavy (non-hydrogen) atoms. The van der Waals surface area contributed by atoms with Crippen molar-refractivity contribution in [1.29, 1.82) is 0 Å². The first-order valence-corrected chi connectivity index (χ1v) is 24.2. The highest BCUT2D eigenvalue weighted by Crippen LogP contribution is 2.59. The van der Waals surface area contributed by atoms with Gasteiger partial charge in [-0.05, 0) is 95.1 Å². The average molecular weight is 889 g/mol. The molecule has 3 heterocycles. The van der Waals surface area contributed by atoms with Crippen LogP contribution < -0.4 is 14.5 Å². The molecule has 0 bridgehead atoms. The van der Waals surface area contributed by atoms with Crippen LogP contribution in [0.3, 0.4) is 0 Å². The summed E-state index contributed by atoms with van der Waals surface area (Å²) in [6.45, 7) is 0. The quantitative estimate of drug-likeness (QED) is 0.152. The first-order chi connectivity index (χ1) is 34.2. The monoisotopic (exact) mass is 888 g/mol. The fourth-order valence-corrected chi connectivity index (χ4v) is 11.9. The highest BCUT2D eigenvalue weighted by atomic mass is 16.5. The molecule has 0 amide bonds. The zero-order valence-electron chi connectivity index (χ0n) is 37.7. The highest BCUT2D eigenvalue weighted by Gasteiger charge is 2.43. The van der Waals surface area contributed by atoms with Crippen molar-refractivity contribution in [3.05, 3.63) is 239 Å². The van der Waals surface area contributed by atoms with Gasteiger partial charge in [0.1, 0.15) is 17.1 Å². The number of hydrogen-bond acceptors (Lipinski definition) is 5. The molecule has 5 heteroatoms. The third-order valence-corrected chi connectivity index (χ3v) is 15.2. The van der Waals surface area contributed by atoms with E-state index in [0.29, 0.717) is 5.92 Å². The van der Waals surface area contributed by atoms with Crippen LogP contribution in [-0.2, 0) is 6.42 Å². The number of nitrogens with zero attached hydrogens (tertiary/aromatic N) is 2. The maximum absolute atomic E-state index is 7.50. The summed E-state index contributed by atoms with van der Waals surface area (Å²) in [5, 5.41) is 3.33. The molecular weight excluding hydrogens is 845 g/mol. The van der Waals surface area contributed by atoms with Crippen molar-refractivity contribution in [2.75, 3.05) is 9.80 Å². The molecule has 328 valence electrons. The summed E-state index contributed by atoms with van der Waals surface area (Å²) in [5.74, 6) is 3.33. The second-order valence-electron chi connectivity index (χ2n) is 18.9. The van der Waals surface area contributed by atoms with Gasteiger partial charge in [-0.25, -0.2) is 0 Å². The lowest BCUT2D eigenvalue weighted by atomic mass is 9.65. The van der Waals surface area contributed by atoms with E-state index < -0.39 is 0 Å². The Morgan fingerprint density at radius 3 is 2.07 bits per heavy atom. The maximum atomic E-state index is 7.50. The van der Waals surface area contributed by atoms with E-state index in [4.69, 9.17) is 13.6 Å². The molecule has 1 aliphatic heterocycles. The van der Waals surface area contributed by atoms with Crippen LogP contribution in [0.5, 0.6) is 11.5 Å². The van der Waals surface area contributed by atoms with Crippen LogP contribution in [-0.4, -0.2) is 0 Å². The fraction of sp³-hybridized carbons (Fsp3) is 0.0938. The summed E-state index contributed by atoms with van der Waals surface area (Å²) < 4.78 is 21.1. The van der Waals surface area contributed by atoms with Gasteiger partial charge in [0, 0.05) is 74.2 Å². The molecule has 5 nitrogen and oxygen atoms in total. The molecular formula is C64H44N2O3. The molecule has 0 N–H and O–H groups in total. The molecule has 5 aliphatic rings. The van der Waals surface area contributed by atoms with Crippen LogP contribution in [0.25, 0.3) is 61.8 Å². The molecule has 2 aromatic heterocycles. The van der Waals surface area contributed by atoms with Gasteiger partial charge in [0.15, 0.2) is 16.9 Å². The topological polar surface area (TPSA) is 42.0 Å². The summed E-state index contributed by atoms with van der Waals surface area (Å²) in [5.41, 5.74) is 20.2.